The standard InChI is InChI=1S/C46H46F4N2O4.C27H27NO3S.C26H24N2O3.C23H30N2O2/c1-7-9-14-31(8-2)25-52-39-20-19-32(42(51-56-30(6)53)35-17-12-13-18-40(35)55-26-46(49,50)45(47)48)23-36(39)37-24-38(33-15-10-11-16-34(33)43(37)52)44(54)41-28(4)21-27(3)22-29(41)5;1-2-3-4-11-16-25(28-31-27(30)22-12-7-5-8-13-22)26(29)21-17-19-24(20-18-21)32-23-14-9-6-10-15-23;1-5-28-24-12-10-19(17(3)27-31-18(4)29)14-22(24)23-15-20(11-13-25(23)28)26(30)21-9-7-6-8-16(21)2;1-4-23(24(2)3,18-19-8-6-5-7-9-19)22(26)20-10-12-21(13-11-20)25-14-16-27-17-15-25/h10-13,15-24,31,45H,7-9,14,25-26H2,1-6H3;5-10,12-15,17-20H,2-4,11,16H2,1H3;6-15H,5H2,1-4H3;5-13H,4,14-18H2,1-3H3/b51-42+;28-25-;27-17+;. The Bertz CT molecular complexity index is 7220. The van der Waals surface area contributed by atoms with Crippen molar-refractivity contribution in [2.24, 2.45) is 21.4 Å². The van der Waals surface area contributed by atoms with Crippen molar-refractivity contribution in [3.63, 3.8) is 0 Å². The van der Waals surface area contributed by atoms with E-state index in [9.17, 15) is 51.1 Å². The van der Waals surface area contributed by atoms with Crippen molar-refractivity contribution in [2.45, 2.75) is 194 Å². The average molecular weight is 1990 g/mol. The molecule has 1 aliphatic rings. The number of carbonyl (C=O) groups excluding carboxylic acids is 7. The lowest BCUT2D eigenvalue weighted by Crippen LogP contribution is -2.52. The lowest BCUT2D eigenvalue weighted by atomic mass is 9.80. The van der Waals surface area contributed by atoms with E-state index in [1.807, 2.05) is 236 Å². The highest BCUT2D eigenvalue weighted by molar-refractivity contribution is 7.99. The van der Waals surface area contributed by atoms with Crippen molar-refractivity contribution < 1.29 is 75.1 Å². The second-order valence-electron chi connectivity index (χ2n) is 37.0. The van der Waals surface area contributed by atoms with Crippen molar-refractivity contribution in [3.05, 3.63) is 369 Å². The van der Waals surface area contributed by atoms with E-state index in [0.717, 1.165) is 200 Å². The van der Waals surface area contributed by atoms with E-state index in [1.54, 1.807) is 67.2 Å². The van der Waals surface area contributed by atoms with Crippen LogP contribution in [0.2, 0.25) is 0 Å². The molecule has 0 amide bonds. The van der Waals surface area contributed by atoms with Gasteiger partial charge in [-0.15, -0.1) is 0 Å². The van der Waals surface area contributed by atoms with Crippen LogP contribution in [0.25, 0.3) is 54.4 Å². The number of alkyl halides is 4. The number of aryl methyl sites for hydroxylation is 5. The molecule has 0 spiro atoms. The molecule has 2 aromatic heterocycles. The van der Waals surface area contributed by atoms with Crippen LogP contribution in [0.15, 0.2) is 310 Å². The number of ether oxygens (including phenoxy) is 2. The summed E-state index contributed by atoms with van der Waals surface area (Å²) >= 11 is 1.64. The lowest BCUT2D eigenvalue weighted by Gasteiger charge is -2.38. The van der Waals surface area contributed by atoms with Crippen LogP contribution in [-0.4, -0.2) is 137 Å². The number of fused-ring (bicyclic) bond motifs is 8. The molecule has 15 aromatic rings. The molecular weight excluding hydrogens is 1860 g/mol. The number of halogens is 4. The summed E-state index contributed by atoms with van der Waals surface area (Å²) in [6, 6.07) is 89.7. The van der Waals surface area contributed by atoms with Gasteiger partial charge in [0.15, 0.2) is 24.0 Å². The van der Waals surface area contributed by atoms with E-state index in [0.29, 0.717) is 63.4 Å². The van der Waals surface area contributed by atoms with E-state index < -0.39 is 42.4 Å². The number of ketones is 4. The van der Waals surface area contributed by atoms with Crippen molar-refractivity contribution in [2.75, 3.05) is 51.9 Å². The van der Waals surface area contributed by atoms with Gasteiger partial charge in [-0.3, -0.25) is 24.1 Å². The van der Waals surface area contributed by atoms with Crippen molar-refractivity contribution >= 4 is 130 Å². The number of benzene rings is 13. The molecule has 3 heterocycles. The van der Waals surface area contributed by atoms with Crippen molar-refractivity contribution in [1.29, 1.82) is 0 Å². The van der Waals surface area contributed by atoms with Crippen LogP contribution in [0.3, 0.4) is 0 Å². The Balaban J connectivity index is 0.000000171. The molecule has 24 heteroatoms. The summed E-state index contributed by atoms with van der Waals surface area (Å²) in [6.07, 6.45) is 6.23. The summed E-state index contributed by atoms with van der Waals surface area (Å²) in [5.41, 5.74) is 16.3. The maximum absolute atomic E-state index is 14.7. The Kier molecular flexibility index (Phi) is 38.2. The molecule has 2 atom stereocenters. The first-order chi connectivity index (χ1) is 70.4. The number of carbonyl (C=O) groups is 7. The van der Waals surface area contributed by atoms with Crippen LogP contribution in [0.1, 0.15) is 227 Å². The smallest absolute Gasteiger partial charge is 0.365 e. The number of morpholine rings is 1. The fourth-order valence-electron chi connectivity index (χ4n) is 18.7. The van der Waals surface area contributed by atoms with Gasteiger partial charge in [0.2, 0.25) is 5.78 Å². The highest BCUT2D eigenvalue weighted by atomic mass is 32.2. The molecule has 0 saturated carbocycles. The van der Waals surface area contributed by atoms with Gasteiger partial charge in [-0.25, -0.2) is 23.2 Å². The number of likely N-dealkylation sites (N-methyl/N-ethyl adjacent to an activating group) is 1. The third-order valence-corrected chi connectivity index (χ3v) is 27.6. The maximum atomic E-state index is 14.7. The topological polar surface area (TPSA) is 219 Å². The first-order valence-corrected chi connectivity index (χ1v) is 50.7. The Morgan fingerprint density at radius 1 is 0.479 bits per heavy atom. The zero-order valence-electron chi connectivity index (χ0n) is 85.5. The average Bonchev–Trinajstić information content (AvgIpc) is 1.56. The van der Waals surface area contributed by atoms with Crippen LogP contribution in [-0.2, 0) is 48.3 Å². The molecule has 0 bridgehead atoms. The quantitative estimate of drug-likeness (QED) is 0.00877. The minimum absolute atomic E-state index is 0.0150. The predicted octanol–water partition coefficient (Wildman–Crippen LogP) is 28.4. The zero-order valence-corrected chi connectivity index (χ0v) is 86.3. The van der Waals surface area contributed by atoms with Gasteiger partial charge in [-0.05, 0) is 260 Å². The molecule has 16 rings (SSSR count). The summed E-state index contributed by atoms with van der Waals surface area (Å²) in [4.78, 5) is 112. The summed E-state index contributed by atoms with van der Waals surface area (Å²) in [6.45, 7) is 26.2. The minimum Gasteiger partial charge on any atom is -0.486 e. The molecule has 0 aliphatic carbocycles. The van der Waals surface area contributed by atoms with Crippen molar-refractivity contribution in [1.82, 2.24) is 14.0 Å². The highest BCUT2D eigenvalue weighted by Crippen LogP contribution is 2.42. The zero-order chi connectivity index (χ0) is 104. The van der Waals surface area contributed by atoms with Gasteiger partial charge in [-0.2, -0.15) is 8.78 Å². The second kappa shape index (κ2) is 51.3. The fraction of sp³-hybridized carbons (Fsp3) is 0.295. The van der Waals surface area contributed by atoms with E-state index in [-0.39, 0.29) is 45.9 Å². The van der Waals surface area contributed by atoms with E-state index in [2.05, 4.69) is 93.3 Å². The van der Waals surface area contributed by atoms with Crippen LogP contribution in [0.5, 0.6) is 5.75 Å². The summed E-state index contributed by atoms with van der Waals surface area (Å²) in [5.74, 6) is -6.02. The Labute approximate surface area is 856 Å². The van der Waals surface area contributed by atoms with Gasteiger partial charge in [0.05, 0.1) is 35.5 Å². The summed E-state index contributed by atoms with van der Waals surface area (Å²) in [7, 11) is 4.01. The Hall–Kier alpha value is -14.6. The largest absolute Gasteiger partial charge is 0.486 e. The maximum Gasteiger partial charge on any atom is 0.365 e. The van der Waals surface area contributed by atoms with Gasteiger partial charge in [0.1, 0.15) is 17.2 Å². The second-order valence-corrected chi connectivity index (χ2v) is 38.1. The summed E-state index contributed by atoms with van der Waals surface area (Å²) < 4.78 is 69.5. The Morgan fingerprint density at radius 3 is 1.63 bits per heavy atom. The molecule has 0 N–H and O–H groups in total. The van der Waals surface area contributed by atoms with Crippen molar-refractivity contribution in [3.8, 4) is 5.75 Å². The first kappa shape index (κ1) is 109. The van der Waals surface area contributed by atoms with Gasteiger partial charge in [-0.1, -0.05) is 251 Å². The molecule has 1 fully saturated rings. The van der Waals surface area contributed by atoms with Gasteiger partial charge < -0.3 is 38.0 Å². The number of aromatic nitrogens is 2. The first-order valence-electron chi connectivity index (χ1n) is 49.9. The molecular formula is C122H127F4N7O12S. The van der Waals surface area contributed by atoms with E-state index in [1.165, 1.54) is 37.6 Å². The fourth-order valence-corrected chi connectivity index (χ4v) is 19.5. The number of para-hydroxylation sites is 1. The number of Topliss-reactive ketones (excluding diaryl/α,β-unsaturated/α-hetero) is 2. The molecule has 756 valence electrons. The number of hydrogen-bond acceptors (Lipinski definition) is 18. The van der Waals surface area contributed by atoms with Crippen LogP contribution >= 0.6 is 11.8 Å². The third kappa shape index (κ3) is 26.8. The highest BCUT2D eigenvalue weighted by Gasteiger charge is 2.43. The number of hydrogen-bond donors (Lipinski definition) is 0. The van der Waals surface area contributed by atoms with E-state index >= 15 is 0 Å². The Morgan fingerprint density at radius 2 is 1.02 bits per heavy atom. The number of oxime groups is 3. The van der Waals surface area contributed by atoms with Crippen LogP contribution < -0.4 is 9.64 Å². The molecule has 146 heavy (non-hydrogen) atoms. The van der Waals surface area contributed by atoms with E-state index in [4.69, 9.17) is 24.0 Å². The molecule has 1 saturated heterocycles. The van der Waals surface area contributed by atoms with Crippen LogP contribution in [0, 0.1) is 33.6 Å². The molecule has 1 aliphatic heterocycles. The number of anilines is 1. The molecule has 13 aromatic carbocycles. The number of unbranched alkanes of at least 4 members (excludes halogenated alkanes) is 4. The van der Waals surface area contributed by atoms with Gasteiger partial charge in [0.25, 0.3) is 0 Å². The molecule has 0 radical (unpaired) electrons. The van der Waals surface area contributed by atoms with Gasteiger partial charge in [0, 0.05) is 143 Å². The molecule has 2 unspecified atom stereocenters. The minimum atomic E-state index is -4.40. The summed E-state index contributed by atoms with van der Waals surface area (Å²) in [5, 5.41) is 17.4. The third-order valence-electron chi connectivity index (χ3n) is 26.6. The SMILES string of the molecule is CCC(Cc1ccccc1)(C(=O)c1ccc(N2CCOCC2)cc1)N(C)C.CCCCC(CC)Cn1c2ccc(/C(=N\OC(C)=O)c3ccccc3OCC(F)(F)C(F)F)cc2c2cc(C(=O)c3c(C)cc(C)cc3C)c3ccccc3c21.CCCCCC/C(=N/OC(=O)c1ccccc1)C(=O)c1ccc(Sc2ccccc2)cc1.CCn1c2ccc(C(=O)c3ccccc3C)cc2c2cc(/C(C)=N/OC(C)=O)ccc21. The monoisotopic (exact) mass is 1990 g/mol. The predicted molar refractivity (Wildman–Crippen MR) is 578 cm³/mol. The number of rotatable bonds is 38. The lowest BCUT2D eigenvalue weighted by molar-refractivity contribution is -0.148. The van der Waals surface area contributed by atoms with Gasteiger partial charge >= 0.3 is 30.3 Å². The molecule has 19 nitrogen and oxygen atoms in total. The van der Waals surface area contributed by atoms with Crippen LogP contribution in [0.4, 0.5) is 23.2 Å². The normalized spacial score (nSPS) is 13.0. The number of nitrogens with zero attached hydrogens (tertiary/aromatic N) is 7.